The summed E-state index contributed by atoms with van der Waals surface area (Å²) in [7, 11) is 0. The molecule has 1 aliphatic heterocycles. The second kappa shape index (κ2) is 8.91. The van der Waals surface area contributed by atoms with Crippen molar-refractivity contribution >= 4 is 27.9 Å². The molecular weight excluding hydrogens is 378 g/mol. The van der Waals surface area contributed by atoms with E-state index in [0.717, 1.165) is 47.9 Å². The summed E-state index contributed by atoms with van der Waals surface area (Å²) in [5, 5.41) is 9.18. The van der Waals surface area contributed by atoms with E-state index in [9.17, 15) is 0 Å². The Labute approximate surface area is 184 Å². The van der Waals surface area contributed by atoms with Gasteiger partial charge in [-0.05, 0) is 84.5 Å². The number of allylic oxidation sites excluding steroid dienone is 4. The number of piperidine rings is 1. The first-order chi connectivity index (χ1) is 15.2. The van der Waals surface area contributed by atoms with Crippen LogP contribution >= 0.6 is 0 Å². The number of hydrogen-bond acceptors (Lipinski definition) is 3. The predicted molar refractivity (Wildman–Crippen MR) is 132 cm³/mol. The Morgan fingerprint density at radius 3 is 2.65 bits per heavy atom. The number of pyridine rings is 1. The molecule has 2 heterocycles. The van der Waals surface area contributed by atoms with E-state index >= 15 is 0 Å². The van der Waals surface area contributed by atoms with E-state index in [1.54, 1.807) is 0 Å². The molecule has 0 atom stereocenters. The molecule has 0 bridgehead atoms. The van der Waals surface area contributed by atoms with Gasteiger partial charge < -0.3 is 10.6 Å². The van der Waals surface area contributed by atoms with Crippen LogP contribution in [-0.4, -0.2) is 18.1 Å². The molecule has 1 aromatic heterocycles. The fraction of sp³-hybridized carbons (Fsp3) is 0.250. The van der Waals surface area contributed by atoms with E-state index in [1.807, 2.05) is 6.20 Å². The second-order valence-electron chi connectivity index (χ2n) is 8.65. The lowest BCUT2D eigenvalue weighted by Gasteiger charge is -2.22. The van der Waals surface area contributed by atoms with Crippen molar-refractivity contribution in [2.45, 2.75) is 25.7 Å². The molecule has 156 valence electrons. The number of aromatic nitrogens is 1. The summed E-state index contributed by atoms with van der Waals surface area (Å²) < 4.78 is 0. The van der Waals surface area contributed by atoms with Crippen LogP contribution in [-0.2, 0) is 6.42 Å². The van der Waals surface area contributed by atoms with Crippen molar-refractivity contribution in [2.24, 2.45) is 5.92 Å². The number of benzene rings is 2. The third-order valence-corrected chi connectivity index (χ3v) is 6.43. The monoisotopic (exact) mass is 407 g/mol. The molecule has 5 rings (SSSR count). The Hall–Kier alpha value is -3.17. The quantitative estimate of drug-likeness (QED) is 0.510. The van der Waals surface area contributed by atoms with Crippen LogP contribution in [0.5, 0.6) is 0 Å². The van der Waals surface area contributed by atoms with Crippen LogP contribution in [0, 0.1) is 5.92 Å². The second-order valence-corrected chi connectivity index (χ2v) is 8.65. The molecule has 31 heavy (non-hydrogen) atoms. The molecule has 2 aromatic carbocycles. The van der Waals surface area contributed by atoms with Crippen LogP contribution in [0.4, 0.5) is 5.82 Å². The highest BCUT2D eigenvalue weighted by Gasteiger charge is 2.13. The smallest absolute Gasteiger partial charge is 0.130 e. The van der Waals surface area contributed by atoms with Crippen molar-refractivity contribution in [3.8, 4) is 0 Å². The molecule has 0 amide bonds. The van der Waals surface area contributed by atoms with Gasteiger partial charge in [-0.1, -0.05) is 61.2 Å². The van der Waals surface area contributed by atoms with Gasteiger partial charge >= 0.3 is 0 Å². The first-order valence-electron chi connectivity index (χ1n) is 11.3. The summed E-state index contributed by atoms with van der Waals surface area (Å²) in [4.78, 5) is 4.59. The summed E-state index contributed by atoms with van der Waals surface area (Å²) in [6, 6.07) is 17.5. The first-order valence-corrected chi connectivity index (χ1v) is 11.3. The van der Waals surface area contributed by atoms with Crippen molar-refractivity contribution in [3.63, 3.8) is 0 Å². The molecule has 1 saturated heterocycles. The lowest BCUT2D eigenvalue weighted by atomic mass is 9.90. The Morgan fingerprint density at radius 1 is 1.03 bits per heavy atom. The van der Waals surface area contributed by atoms with Gasteiger partial charge in [0.2, 0.25) is 0 Å². The van der Waals surface area contributed by atoms with Crippen LogP contribution in [0.15, 0.2) is 79.5 Å². The van der Waals surface area contributed by atoms with Gasteiger partial charge in [0.15, 0.2) is 0 Å². The maximum atomic E-state index is 4.59. The van der Waals surface area contributed by atoms with Gasteiger partial charge in [-0.2, -0.15) is 0 Å². The van der Waals surface area contributed by atoms with E-state index in [-0.39, 0.29) is 0 Å². The van der Waals surface area contributed by atoms with Gasteiger partial charge in [0.05, 0.1) is 0 Å². The third kappa shape index (κ3) is 4.62. The van der Waals surface area contributed by atoms with Gasteiger partial charge in [0.1, 0.15) is 5.82 Å². The normalized spacial score (nSPS) is 16.5. The van der Waals surface area contributed by atoms with Crippen LogP contribution < -0.4 is 10.6 Å². The third-order valence-electron chi connectivity index (χ3n) is 6.43. The molecule has 1 fully saturated rings. The number of rotatable bonds is 6. The zero-order valence-electron chi connectivity index (χ0n) is 17.9. The summed E-state index contributed by atoms with van der Waals surface area (Å²) in [5.41, 5.74) is 6.03. The fourth-order valence-corrected chi connectivity index (χ4v) is 4.56. The van der Waals surface area contributed by atoms with Crippen LogP contribution in [0.3, 0.4) is 0 Å². The molecular formula is C28H29N3. The maximum Gasteiger partial charge on any atom is 0.130 e. The minimum atomic E-state index is 0.802. The van der Waals surface area contributed by atoms with Crippen molar-refractivity contribution in [1.82, 2.24) is 10.3 Å². The summed E-state index contributed by atoms with van der Waals surface area (Å²) in [5.74, 6) is 1.63. The van der Waals surface area contributed by atoms with Crippen LogP contribution in [0.1, 0.15) is 36.0 Å². The molecule has 0 unspecified atom stereocenters. The molecule has 3 heteroatoms. The van der Waals surface area contributed by atoms with E-state index in [0.29, 0.717) is 0 Å². The van der Waals surface area contributed by atoms with Gasteiger partial charge in [-0.25, -0.2) is 4.98 Å². The van der Waals surface area contributed by atoms with Crippen molar-refractivity contribution in [3.05, 3.63) is 96.2 Å². The average Bonchev–Trinajstić information content (AvgIpc) is 3.35. The van der Waals surface area contributed by atoms with Crippen LogP contribution in [0.2, 0.25) is 0 Å². The molecule has 2 N–H and O–H groups in total. The lowest BCUT2D eigenvalue weighted by Crippen LogP contribution is -2.28. The molecule has 0 saturated carbocycles. The predicted octanol–water partition coefficient (Wildman–Crippen LogP) is 6.20. The minimum Gasteiger partial charge on any atom is -0.340 e. The average molecular weight is 408 g/mol. The van der Waals surface area contributed by atoms with Gasteiger partial charge in [-0.3, -0.25) is 0 Å². The summed E-state index contributed by atoms with van der Waals surface area (Å²) in [6.07, 6.45) is 13.2. The topological polar surface area (TPSA) is 37.0 Å². The Balaban J connectivity index is 1.28. The highest BCUT2D eigenvalue weighted by atomic mass is 15.0. The van der Waals surface area contributed by atoms with Crippen molar-refractivity contribution in [2.75, 3.05) is 18.4 Å². The Bertz CT molecular complexity index is 1150. The van der Waals surface area contributed by atoms with Crippen LogP contribution in [0.25, 0.3) is 22.0 Å². The largest absolute Gasteiger partial charge is 0.340 e. The fourth-order valence-electron chi connectivity index (χ4n) is 4.56. The molecule has 3 aromatic rings. The Morgan fingerprint density at radius 2 is 1.87 bits per heavy atom. The zero-order chi connectivity index (χ0) is 21.0. The highest BCUT2D eigenvalue weighted by Crippen LogP contribution is 2.28. The van der Waals surface area contributed by atoms with Crippen molar-refractivity contribution in [1.29, 1.82) is 0 Å². The number of anilines is 1. The number of nitrogens with one attached hydrogen (secondary N) is 2. The molecule has 2 aliphatic rings. The maximum absolute atomic E-state index is 4.59. The van der Waals surface area contributed by atoms with Crippen molar-refractivity contribution < 1.29 is 0 Å². The van der Waals surface area contributed by atoms with E-state index in [1.165, 1.54) is 41.3 Å². The highest BCUT2D eigenvalue weighted by molar-refractivity contribution is 5.89. The lowest BCUT2D eigenvalue weighted by molar-refractivity contribution is 0.372. The van der Waals surface area contributed by atoms with Gasteiger partial charge in [0.25, 0.3) is 0 Å². The van der Waals surface area contributed by atoms with Gasteiger partial charge in [-0.15, -0.1) is 0 Å². The molecule has 0 spiro atoms. The number of nitrogens with zero attached hydrogens (tertiary/aromatic N) is 1. The molecule has 0 radical (unpaired) electrons. The number of hydrogen-bond donors (Lipinski definition) is 2. The Kier molecular flexibility index (Phi) is 5.68. The standard InChI is InChI=1S/C28H29N3/c1-20(23-8-6-21(7-9-23)16-22-12-14-29-15-13-22)31-28-18-27-17-25(24-4-2-3-5-24)10-11-26(27)19-30-28/h2-4,6-11,17-19,22,29H,1,5,12-16H2,(H,30,31). The summed E-state index contributed by atoms with van der Waals surface area (Å²) in [6.45, 7) is 6.55. The number of fused-ring (bicyclic) bond motifs is 1. The van der Waals surface area contributed by atoms with Gasteiger partial charge in [0, 0.05) is 17.3 Å². The minimum absolute atomic E-state index is 0.802. The first kappa shape index (κ1) is 19.8. The zero-order valence-corrected chi connectivity index (χ0v) is 17.9. The van der Waals surface area contributed by atoms with E-state index in [2.05, 4.69) is 89.0 Å². The SMILES string of the molecule is C=C(Nc1cc2cc(C3=CC=CC3)ccc2cn1)c1ccc(CC2CCNCC2)cc1. The van der Waals surface area contributed by atoms with E-state index in [4.69, 9.17) is 0 Å². The van der Waals surface area contributed by atoms with E-state index < -0.39 is 0 Å². The summed E-state index contributed by atoms with van der Waals surface area (Å²) >= 11 is 0. The molecule has 1 aliphatic carbocycles. The molecule has 3 nitrogen and oxygen atoms in total.